The van der Waals surface area contributed by atoms with Crippen molar-refractivity contribution in [2.24, 2.45) is 4.99 Å². The van der Waals surface area contributed by atoms with Crippen molar-refractivity contribution in [3.8, 4) is 0 Å². The fraction of sp³-hybridized carbons (Fsp3) is 0.400. The molecule has 29 heavy (non-hydrogen) atoms. The summed E-state index contributed by atoms with van der Waals surface area (Å²) in [6.45, 7) is 0.991. The number of aromatic nitrogens is 1. The van der Waals surface area contributed by atoms with Crippen molar-refractivity contribution in [2.45, 2.75) is 32.2 Å². The van der Waals surface area contributed by atoms with Gasteiger partial charge in [-0.05, 0) is 30.5 Å². The first-order valence-electron chi connectivity index (χ1n) is 9.74. The van der Waals surface area contributed by atoms with Crippen molar-refractivity contribution in [2.75, 3.05) is 24.7 Å². The normalized spacial score (nSPS) is 12.0. The fourth-order valence-electron chi connectivity index (χ4n) is 2.61. The van der Waals surface area contributed by atoms with E-state index < -0.39 is 10.0 Å². The lowest BCUT2D eigenvalue weighted by Gasteiger charge is -2.11. The van der Waals surface area contributed by atoms with E-state index in [1.54, 1.807) is 19.4 Å². The lowest BCUT2D eigenvalue weighted by atomic mass is 10.2. The molecule has 1 aromatic carbocycles. The van der Waals surface area contributed by atoms with Crippen LogP contribution in [0.25, 0.3) is 0 Å². The molecular weight excluding hydrogens is 388 g/mol. The van der Waals surface area contributed by atoms with Crippen LogP contribution in [0, 0.1) is 0 Å². The molecule has 0 bridgehead atoms. The van der Waals surface area contributed by atoms with Crippen LogP contribution in [0.5, 0.6) is 0 Å². The van der Waals surface area contributed by atoms with E-state index in [0.717, 1.165) is 30.5 Å². The Kier molecular flexibility index (Phi) is 10.1. The summed E-state index contributed by atoms with van der Waals surface area (Å²) in [4.78, 5) is 8.48. The van der Waals surface area contributed by atoms with Gasteiger partial charge in [0, 0.05) is 38.2 Å². The van der Waals surface area contributed by atoms with Crippen LogP contribution < -0.4 is 20.9 Å². The van der Waals surface area contributed by atoms with Crippen LogP contribution in [0.4, 0.5) is 5.69 Å². The summed E-state index contributed by atoms with van der Waals surface area (Å²) in [7, 11) is -1.46. The Morgan fingerprint density at radius 2 is 1.72 bits per heavy atom. The first-order chi connectivity index (χ1) is 14.1. The minimum atomic E-state index is -3.24. The van der Waals surface area contributed by atoms with Gasteiger partial charge in [-0.1, -0.05) is 43.2 Å². The Balaban J connectivity index is 1.61. The second-order valence-electron chi connectivity index (χ2n) is 6.51. The number of aliphatic imine (C=N–C) groups is 1. The topological polar surface area (TPSA) is 108 Å². The highest BCUT2D eigenvalue weighted by molar-refractivity contribution is 7.89. The quantitative estimate of drug-likeness (QED) is 0.182. The van der Waals surface area contributed by atoms with Gasteiger partial charge < -0.3 is 5.32 Å². The molecule has 0 unspecified atom stereocenters. The first-order valence-corrected chi connectivity index (χ1v) is 11.4. The lowest BCUT2D eigenvalue weighted by molar-refractivity contribution is 0.574. The van der Waals surface area contributed by atoms with Crippen molar-refractivity contribution in [3.63, 3.8) is 0 Å². The van der Waals surface area contributed by atoms with Crippen LogP contribution in [-0.4, -0.2) is 38.7 Å². The Hall–Kier alpha value is -2.49. The molecule has 1 heterocycles. The summed E-state index contributed by atoms with van der Waals surface area (Å²) in [5, 5.41) is 3.18. The van der Waals surface area contributed by atoms with Crippen molar-refractivity contribution in [1.82, 2.24) is 20.6 Å². The zero-order valence-corrected chi connectivity index (χ0v) is 17.6. The van der Waals surface area contributed by atoms with E-state index in [9.17, 15) is 8.42 Å². The van der Waals surface area contributed by atoms with Crippen LogP contribution in [0.1, 0.15) is 31.2 Å². The molecule has 0 aliphatic heterocycles. The standard InChI is InChI=1S/C20H30N6O2S/c1-21-26-20(25-19-11-14-22-15-12-19)23-13-7-2-3-8-16-29(27,28)24-17-18-9-5-4-6-10-18/h4-6,9-12,14-15,21,24H,2-3,7-8,13,16-17H2,1H3,(H2,22,23,25,26). The van der Waals surface area contributed by atoms with Crippen LogP contribution in [0.3, 0.4) is 0 Å². The summed E-state index contributed by atoms with van der Waals surface area (Å²) in [6.07, 6.45) is 6.74. The van der Waals surface area contributed by atoms with Gasteiger partial charge in [-0.3, -0.25) is 15.4 Å². The van der Waals surface area contributed by atoms with E-state index in [1.165, 1.54) is 0 Å². The number of rotatable bonds is 12. The third kappa shape index (κ3) is 10.0. The molecule has 1 aromatic heterocycles. The predicted octanol–water partition coefficient (Wildman–Crippen LogP) is 2.25. The molecule has 0 atom stereocenters. The number of pyridine rings is 1. The zero-order valence-electron chi connectivity index (χ0n) is 16.8. The minimum Gasteiger partial charge on any atom is -0.325 e. The number of unbranched alkanes of at least 4 members (excludes halogenated alkanes) is 3. The number of hydrogen-bond acceptors (Lipinski definition) is 5. The van der Waals surface area contributed by atoms with Crippen LogP contribution >= 0.6 is 0 Å². The molecule has 0 fully saturated rings. The predicted molar refractivity (Wildman–Crippen MR) is 118 cm³/mol. The molecule has 0 saturated carbocycles. The molecule has 4 N–H and O–H groups in total. The molecule has 0 saturated heterocycles. The molecule has 2 aromatic rings. The number of anilines is 1. The summed E-state index contributed by atoms with van der Waals surface area (Å²) in [5.41, 5.74) is 7.68. The maximum Gasteiger partial charge on any atom is 0.211 e. The molecule has 158 valence electrons. The number of nitrogens with one attached hydrogen (secondary N) is 4. The highest BCUT2D eigenvalue weighted by atomic mass is 32.2. The molecule has 8 nitrogen and oxygen atoms in total. The summed E-state index contributed by atoms with van der Waals surface area (Å²) < 4.78 is 26.8. The second-order valence-corrected chi connectivity index (χ2v) is 8.43. The first kappa shape index (κ1) is 22.8. The van der Waals surface area contributed by atoms with E-state index >= 15 is 0 Å². The Labute approximate surface area is 173 Å². The number of hydrazine groups is 1. The Morgan fingerprint density at radius 1 is 1.00 bits per heavy atom. The maximum absolute atomic E-state index is 12.1. The summed E-state index contributed by atoms with van der Waals surface area (Å²) >= 11 is 0. The van der Waals surface area contributed by atoms with Crippen molar-refractivity contribution < 1.29 is 8.42 Å². The molecule has 9 heteroatoms. The largest absolute Gasteiger partial charge is 0.325 e. The van der Waals surface area contributed by atoms with Gasteiger partial charge >= 0.3 is 0 Å². The number of hydrogen-bond donors (Lipinski definition) is 4. The third-order valence-electron chi connectivity index (χ3n) is 4.12. The van der Waals surface area contributed by atoms with Gasteiger partial charge in [0.1, 0.15) is 0 Å². The number of benzene rings is 1. The van der Waals surface area contributed by atoms with Crippen LogP contribution in [0.15, 0.2) is 59.9 Å². The third-order valence-corrected chi connectivity index (χ3v) is 5.53. The summed E-state index contributed by atoms with van der Waals surface area (Å²) in [5.74, 6) is 0.783. The zero-order chi connectivity index (χ0) is 20.8. The second kappa shape index (κ2) is 12.9. The van der Waals surface area contributed by atoms with Gasteiger partial charge in [0.2, 0.25) is 16.0 Å². The van der Waals surface area contributed by atoms with Gasteiger partial charge in [-0.15, -0.1) is 0 Å². The average molecular weight is 419 g/mol. The highest BCUT2D eigenvalue weighted by Gasteiger charge is 2.09. The highest BCUT2D eigenvalue weighted by Crippen LogP contribution is 2.05. The van der Waals surface area contributed by atoms with Crippen molar-refractivity contribution in [1.29, 1.82) is 0 Å². The fourth-order valence-corrected chi connectivity index (χ4v) is 3.73. The number of nitrogens with zero attached hydrogens (tertiary/aromatic N) is 2. The maximum atomic E-state index is 12.1. The van der Waals surface area contributed by atoms with Crippen molar-refractivity contribution in [3.05, 3.63) is 60.4 Å². The Bertz CT molecular complexity index is 829. The smallest absolute Gasteiger partial charge is 0.211 e. The summed E-state index contributed by atoms with van der Waals surface area (Å²) in [6, 6.07) is 13.2. The number of sulfonamides is 1. The van der Waals surface area contributed by atoms with Gasteiger partial charge in [-0.2, -0.15) is 0 Å². The van der Waals surface area contributed by atoms with E-state index in [1.807, 2.05) is 42.5 Å². The van der Waals surface area contributed by atoms with E-state index in [4.69, 9.17) is 0 Å². The van der Waals surface area contributed by atoms with Gasteiger partial charge in [-0.25, -0.2) is 18.6 Å². The Morgan fingerprint density at radius 3 is 2.45 bits per heavy atom. The van der Waals surface area contributed by atoms with E-state index in [0.29, 0.717) is 25.5 Å². The van der Waals surface area contributed by atoms with Gasteiger partial charge in [0.05, 0.1) is 5.75 Å². The van der Waals surface area contributed by atoms with Crippen molar-refractivity contribution >= 4 is 21.7 Å². The molecule has 2 rings (SSSR count). The molecule has 0 amide bonds. The number of guanidine groups is 1. The molecule has 0 radical (unpaired) electrons. The van der Waals surface area contributed by atoms with Gasteiger partial charge in [0.15, 0.2) is 0 Å². The average Bonchev–Trinajstić information content (AvgIpc) is 2.73. The molecular formula is C20H30N6O2S. The molecule has 0 aliphatic carbocycles. The minimum absolute atomic E-state index is 0.152. The molecule has 0 aliphatic rings. The SMILES string of the molecule is CNNC(=NCCCCCCS(=O)(=O)NCc1ccccc1)Nc1ccncc1. The van der Waals surface area contributed by atoms with Crippen LogP contribution in [0.2, 0.25) is 0 Å². The monoisotopic (exact) mass is 418 g/mol. The van der Waals surface area contributed by atoms with E-state index in [2.05, 4.69) is 30.9 Å². The van der Waals surface area contributed by atoms with E-state index in [-0.39, 0.29) is 5.75 Å². The lowest BCUT2D eigenvalue weighted by Crippen LogP contribution is -2.39. The van der Waals surface area contributed by atoms with Crippen LogP contribution in [-0.2, 0) is 16.6 Å². The van der Waals surface area contributed by atoms with Gasteiger partial charge in [0.25, 0.3) is 0 Å². The molecule has 0 spiro atoms.